The van der Waals surface area contributed by atoms with Crippen molar-refractivity contribution >= 4 is 33.7 Å². The van der Waals surface area contributed by atoms with E-state index in [1.54, 1.807) is 6.07 Å². The number of nitrogens with zero attached hydrogens (tertiary/aromatic N) is 4. The second-order valence-electron chi connectivity index (χ2n) is 11.5. The zero-order valence-electron chi connectivity index (χ0n) is 25.1. The smallest absolute Gasteiger partial charge is 0.354 e. The topological polar surface area (TPSA) is 105 Å². The fraction of sp³-hybridized carbons (Fsp3) is 0.294. The number of aryl methyl sites for hydroxylation is 1. The fourth-order valence-electron chi connectivity index (χ4n) is 5.93. The molecule has 0 aliphatic carbocycles. The third-order valence-electron chi connectivity index (χ3n) is 8.38. The quantitative estimate of drug-likeness (QED) is 0.174. The Morgan fingerprint density at radius 2 is 1.72 bits per heavy atom. The van der Waals surface area contributed by atoms with Gasteiger partial charge in [0.05, 0.1) is 27.9 Å². The number of benzene rings is 3. The van der Waals surface area contributed by atoms with E-state index < -0.39 is 33.6 Å². The summed E-state index contributed by atoms with van der Waals surface area (Å²) in [6.45, 7) is 0.657. The number of carbonyl (C=O) groups excluding carboxylic acids is 1. The van der Waals surface area contributed by atoms with Gasteiger partial charge in [-0.1, -0.05) is 30.3 Å². The molecule has 47 heavy (non-hydrogen) atoms. The molecule has 2 aliphatic heterocycles. The van der Waals surface area contributed by atoms with Gasteiger partial charge in [-0.05, 0) is 79.8 Å². The molecule has 0 saturated carbocycles. The average Bonchev–Trinajstić information content (AvgIpc) is 3.72. The average molecular weight is 666 g/mol. The van der Waals surface area contributed by atoms with Crippen LogP contribution in [0, 0.1) is 5.82 Å². The molecule has 6 rings (SSSR count). The lowest BCUT2D eigenvalue weighted by Crippen LogP contribution is -2.40. The van der Waals surface area contributed by atoms with Crippen LogP contribution in [0.5, 0.6) is 0 Å². The normalized spacial score (nSPS) is 18.0. The number of aromatic nitrogens is 2. The molecule has 13 heteroatoms. The lowest BCUT2D eigenvalue weighted by molar-refractivity contribution is -0.137. The summed E-state index contributed by atoms with van der Waals surface area (Å²) in [5.41, 5.74) is 2.57. The van der Waals surface area contributed by atoms with Crippen LogP contribution >= 0.6 is 0 Å². The van der Waals surface area contributed by atoms with Crippen LogP contribution in [0.25, 0.3) is 11.3 Å². The maximum absolute atomic E-state index is 13.4. The Morgan fingerprint density at radius 1 is 0.979 bits per heavy atom. The van der Waals surface area contributed by atoms with Crippen molar-refractivity contribution in [3.63, 3.8) is 0 Å². The largest absolute Gasteiger partial charge is 0.416 e. The Balaban J connectivity index is 1.19. The van der Waals surface area contributed by atoms with Crippen LogP contribution in [0.4, 0.5) is 29.2 Å². The third kappa shape index (κ3) is 7.25. The summed E-state index contributed by atoms with van der Waals surface area (Å²) in [5.74, 6) is -0.481. The maximum atomic E-state index is 13.4. The van der Waals surface area contributed by atoms with E-state index in [9.17, 15) is 30.8 Å². The summed E-state index contributed by atoms with van der Waals surface area (Å²) >= 11 is 0. The van der Waals surface area contributed by atoms with E-state index in [1.807, 2.05) is 30.5 Å². The van der Waals surface area contributed by atoms with Crippen LogP contribution in [-0.2, 0) is 27.4 Å². The molecule has 4 aromatic rings. The Morgan fingerprint density at radius 3 is 2.47 bits per heavy atom. The molecular weight excluding hydrogens is 634 g/mol. The minimum Gasteiger partial charge on any atom is -0.354 e. The van der Waals surface area contributed by atoms with Crippen LogP contribution in [0.15, 0.2) is 88.8 Å². The van der Waals surface area contributed by atoms with Gasteiger partial charge in [-0.3, -0.25) is 9.79 Å². The van der Waals surface area contributed by atoms with Crippen molar-refractivity contribution in [3.8, 4) is 11.3 Å². The van der Waals surface area contributed by atoms with Gasteiger partial charge in [0, 0.05) is 42.9 Å². The van der Waals surface area contributed by atoms with Gasteiger partial charge < -0.3 is 5.32 Å². The minimum atomic E-state index is -4.48. The van der Waals surface area contributed by atoms with E-state index in [0.29, 0.717) is 42.8 Å². The Labute approximate surface area is 269 Å². The number of para-hydroxylation sites is 1. The lowest BCUT2D eigenvalue weighted by atomic mass is 9.98. The highest BCUT2D eigenvalue weighted by Crippen LogP contribution is 2.34. The number of halogens is 4. The highest BCUT2D eigenvalue weighted by molar-refractivity contribution is 7.89. The van der Waals surface area contributed by atoms with Gasteiger partial charge >= 0.3 is 6.18 Å². The summed E-state index contributed by atoms with van der Waals surface area (Å²) in [6.07, 6.45) is -0.880. The van der Waals surface area contributed by atoms with Gasteiger partial charge in [-0.2, -0.15) is 17.5 Å². The highest BCUT2D eigenvalue weighted by Gasteiger charge is 2.39. The fourth-order valence-corrected chi connectivity index (χ4v) is 7.61. The zero-order valence-corrected chi connectivity index (χ0v) is 25.9. The monoisotopic (exact) mass is 665 g/mol. The van der Waals surface area contributed by atoms with Crippen LogP contribution in [0.3, 0.4) is 0 Å². The van der Waals surface area contributed by atoms with Crippen molar-refractivity contribution in [1.82, 2.24) is 14.3 Å². The Kier molecular flexibility index (Phi) is 9.20. The molecule has 2 aliphatic rings. The second-order valence-corrected chi connectivity index (χ2v) is 13.4. The predicted molar refractivity (Wildman–Crippen MR) is 170 cm³/mol. The number of sulfonamides is 1. The molecule has 8 nitrogen and oxygen atoms in total. The van der Waals surface area contributed by atoms with Gasteiger partial charge in [0.2, 0.25) is 16.0 Å². The Bertz CT molecular complexity index is 1900. The molecular formula is C34H31F4N5O3S. The zero-order chi connectivity index (χ0) is 33.2. The first-order chi connectivity index (χ1) is 22.5. The molecule has 0 bridgehead atoms. The summed E-state index contributed by atoms with van der Waals surface area (Å²) in [6, 6.07) is 17.8. The number of hydrogen-bond donors (Lipinski definition) is 1. The standard InChI is InChI=1S/C34H31F4N5O3S/c35-25-11-14-27(15-12-25)47(45,46)43-19-3-6-31(43)32(44)16-13-26-20-30(22-7-9-24(10-8-22)34(36,37)38)42-33(41-26)39-18-17-23-21-40-29-5-2-1-4-28(23)29/h1-2,4-5,7-12,14-15,20-21,23,31H,3,6,13,16-19H2,(H,39,41,42)/t23?,31-/m0/s1. The molecule has 1 saturated heterocycles. The molecule has 244 valence electrons. The predicted octanol–water partition coefficient (Wildman–Crippen LogP) is 6.96. The molecule has 1 aromatic heterocycles. The molecule has 1 unspecified atom stereocenters. The molecule has 0 amide bonds. The second kappa shape index (κ2) is 13.3. The number of ketones is 1. The van der Waals surface area contributed by atoms with Crippen LogP contribution in [-0.4, -0.2) is 53.8 Å². The highest BCUT2D eigenvalue weighted by atomic mass is 32.2. The number of hydrogen-bond acceptors (Lipinski definition) is 7. The third-order valence-corrected chi connectivity index (χ3v) is 10.3. The van der Waals surface area contributed by atoms with Crippen molar-refractivity contribution in [1.29, 1.82) is 0 Å². The number of anilines is 1. The van der Waals surface area contributed by atoms with Gasteiger partial charge in [0.15, 0.2) is 5.78 Å². The molecule has 3 heterocycles. The van der Waals surface area contributed by atoms with Gasteiger partial charge in [0.1, 0.15) is 5.82 Å². The number of rotatable bonds is 11. The first-order valence-electron chi connectivity index (χ1n) is 15.2. The molecule has 1 fully saturated rings. The van der Waals surface area contributed by atoms with E-state index in [-0.39, 0.29) is 41.9 Å². The van der Waals surface area contributed by atoms with E-state index in [0.717, 1.165) is 35.5 Å². The van der Waals surface area contributed by atoms with Crippen molar-refractivity contribution in [2.24, 2.45) is 4.99 Å². The number of alkyl halides is 3. The lowest BCUT2D eigenvalue weighted by Gasteiger charge is -2.23. The molecule has 0 radical (unpaired) electrons. The van der Waals surface area contributed by atoms with E-state index in [4.69, 9.17) is 0 Å². The van der Waals surface area contributed by atoms with Crippen molar-refractivity contribution in [2.45, 2.75) is 55.1 Å². The van der Waals surface area contributed by atoms with Crippen molar-refractivity contribution in [2.75, 3.05) is 18.4 Å². The number of carbonyl (C=O) groups is 1. The van der Waals surface area contributed by atoms with Crippen molar-refractivity contribution < 1.29 is 30.8 Å². The van der Waals surface area contributed by atoms with Gasteiger partial charge in [-0.25, -0.2) is 22.8 Å². The first kappa shape index (κ1) is 32.5. The van der Waals surface area contributed by atoms with E-state index in [1.165, 1.54) is 28.6 Å². The van der Waals surface area contributed by atoms with E-state index >= 15 is 0 Å². The summed E-state index contributed by atoms with van der Waals surface area (Å²) in [4.78, 5) is 26.9. The van der Waals surface area contributed by atoms with Crippen LogP contribution in [0.1, 0.15) is 48.4 Å². The molecule has 2 atom stereocenters. The van der Waals surface area contributed by atoms with E-state index in [2.05, 4.69) is 20.3 Å². The minimum absolute atomic E-state index is 0.0155. The number of fused-ring (bicyclic) bond motifs is 1. The maximum Gasteiger partial charge on any atom is 0.416 e. The number of nitrogens with one attached hydrogen (secondary N) is 1. The van der Waals surface area contributed by atoms with Gasteiger partial charge in [0.25, 0.3) is 0 Å². The first-order valence-corrected chi connectivity index (χ1v) is 16.7. The molecule has 1 N–H and O–H groups in total. The van der Waals surface area contributed by atoms with Crippen molar-refractivity contribution in [3.05, 3.63) is 102 Å². The van der Waals surface area contributed by atoms with Gasteiger partial charge in [-0.15, -0.1) is 0 Å². The SMILES string of the molecule is O=C(CCc1cc(-c2ccc(C(F)(F)F)cc2)nc(NCCC2C=Nc3ccccc32)n1)[C@@H]1CCCN1S(=O)(=O)c1ccc(F)cc1. The Hall–Kier alpha value is -4.49. The number of aliphatic imine (C=N–C) groups is 1. The molecule has 3 aromatic carbocycles. The van der Waals surface area contributed by atoms with Crippen LogP contribution in [0.2, 0.25) is 0 Å². The molecule has 0 spiro atoms. The summed E-state index contributed by atoms with van der Waals surface area (Å²) < 4.78 is 80.7. The summed E-state index contributed by atoms with van der Waals surface area (Å²) in [7, 11) is -4.01. The summed E-state index contributed by atoms with van der Waals surface area (Å²) in [5, 5.41) is 3.22. The number of Topliss-reactive ketones (excluding diaryl/α,β-unsaturated/α-hetero) is 1. The van der Waals surface area contributed by atoms with Crippen LogP contribution < -0.4 is 5.32 Å².